The van der Waals surface area contributed by atoms with Crippen molar-refractivity contribution >= 4 is 34.2 Å². The van der Waals surface area contributed by atoms with Crippen LogP contribution < -0.4 is 4.90 Å². The van der Waals surface area contributed by atoms with E-state index >= 15 is 4.39 Å². The molecular formula is C26H26ClFN4O2. The van der Waals surface area contributed by atoms with Gasteiger partial charge in [-0.05, 0) is 43.0 Å². The number of allylic oxidation sites excluding steroid dienone is 1. The number of aliphatic hydroxyl groups is 1. The summed E-state index contributed by atoms with van der Waals surface area (Å²) >= 11 is 6.71. The molecule has 0 bridgehead atoms. The maximum Gasteiger partial charge on any atom is 0.246 e. The van der Waals surface area contributed by atoms with Gasteiger partial charge in [0.1, 0.15) is 17.7 Å². The SMILES string of the molecule is C/C=C/C(=O)N1CCN(c2ncnc3c(F)c([C@H]4CC(O)Cc5ccccc54)c(Cl)cc23)CC1. The highest BCUT2D eigenvalue weighted by molar-refractivity contribution is 6.32. The van der Waals surface area contributed by atoms with E-state index < -0.39 is 11.9 Å². The Bertz CT molecular complexity index is 1270. The molecule has 1 aromatic heterocycles. The Morgan fingerprint density at radius 2 is 1.97 bits per heavy atom. The van der Waals surface area contributed by atoms with Crippen LogP contribution in [-0.2, 0) is 11.2 Å². The van der Waals surface area contributed by atoms with Gasteiger partial charge in [-0.3, -0.25) is 4.79 Å². The van der Waals surface area contributed by atoms with Crippen LogP contribution in [0.15, 0.2) is 48.8 Å². The molecule has 0 saturated carbocycles. The molecule has 2 heterocycles. The van der Waals surface area contributed by atoms with Crippen LogP contribution in [0.25, 0.3) is 10.9 Å². The first-order valence-corrected chi connectivity index (χ1v) is 11.9. The summed E-state index contributed by atoms with van der Waals surface area (Å²) in [7, 11) is 0. The van der Waals surface area contributed by atoms with Crippen LogP contribution in [0, 0.1) is 5.82 Å². The highest BCUT2D eigenvalue weighted by Gasteiger charge is 2.32. The van der Waals surface area contributed by atoms with Gasteiger partial charge in [-0.2, -0.15) is 0 Å². The summed E-state index contributed by atoms with van der Waals surface area (Å²) in [5, 5.41) is 11.3. The third-order valence-corrected chi connectivity index (χ3v) is 7.09. The molecule has 2 aromatic carbocycles. The van der Waals surface area contributed by atoms with E-state index in [1.54, 1.807) is 23.1 Å². The number of carbonyl (C=O) groups excluding carboxylic acids is 1. The summed E-state index contributed by atoms with van der Waals surface area (Å²) in [4.78, 5) is 24.7. The number of aliphatic hydroxyl groups excluding tert-OH is 1. The first-order valence-electron chi connectivity index (χ1n) is 11.5. The van der Waals surface area contributed by atoms with Gasteiger partial charge >= 0.3 is 0 Å². The molecule has 1 saturated heterocycles. The number of piperazine rings is 1. The van der Waals surface area contributed by atoms with E-state index in [0.717, 1.165) is 11.1 Å². The predicted molar refractivity (Wildman–Crippen MR) is 131 cm³/mol. The molecule has 8 heteroatoms. The summed E-state index contributed by atoms with van der Waals surface area (Å²) in [6.07, 6.45) is 5.06. The topological polar surface area (TPSA) is 69.6 Å². The fraction of sp³-hybridized carbons (Fsp3) is 0.346. The van der Waals surface area contributed by atoms with E-state index in [1.165, 1.54) is 6.33 Å². The standard InChI is InChI=1S/C26H26ClFN4O2/c1-2-5-22(34)31-8-10-32(11-9-31)26-20-14-21(27)23(24(28)25(20)29-15-30-26)19-13-17(33)12-16-6-3-4-7-18(16)19/h2-7,14-15,17,19,33H,8-13H2,1H3/b5-2+/t17?,19-/m0/s1. The molecule has 0 spiro atoms. The fourth-order valence-corrected chi connectivity index (χ4v) is 5.48. The van der Waals surface area contributed by atoms with E-state index in [2.05, 4.69) is 9.97 Å². The van der Waals surface area contributed by atoms with Crippen LogP contribution in [0.1, 0.15) is 36.0 Å². The van der Waals surface area contributed by atoms with Gasteiger partial charge in [0.2, 0.25) is 5.91 Å². The van der Waals surface area contributed by atoms with Gasteiger partial charge in [-0.15, -0.1) is 0 Å². The number of anilines is 1. The van der Waals surface area contributed by atoms with Crippen molar-refractivity contribution in [1.82, 2.24) is 14.9 Å². The number of fused-ring (bicyclic) bond motifs is 2. The Morgan fingerprint density at radius 3 is 2.74 bits per heavy atom. The summed E-state index contributed by atoms with van der Waals surface area (Å²) < 4.78 is 16.0. The normalized spacial score (nSPS) is 20.7. The second-order valence-corrected chi connectivity index (χ2v) is 9.24. The molecule has 1 aliphatic heterocycles. The zero-order chi connectivity index (χ0) is 23.8. The molecule has 2 atom stereocenters. The number of nitrogens with zero attached hydrogens (tertiary/aromatic N) is 4. The molecule has 1 aliphatic carbocycles. The zero-order valence-electron chi connectivity index (χ0n) is 18.9. The predicted octanol–water partition coefficient (Wildman–Crippen LogP) is 4.09. The van der Waals surface area contributed by atoms with Crippen LogP contribution in [0.2, 0.25) is 5.02 Å². The molecule has 0 radical (unpaired) electrons. The van der Waals surface area contributed by atoms with E-state index in [0.29, 0.717) is 60.8 Å². The quantitative estimate of drug-likeness (QED) is 0.572. The van der Waals surface area contributed by atoms with Crippen LogP contribution in [-0.4, -0.2) is 58.2 Å². The molecule has 1 N–H and O–H groups in total. The van der Waals surface area contributed by atoms with Gasteiger partial charge in [-0.25, -0.2) is 14.4 Å². The van der Waals surface area contributed by atoms with Crippen molar-refractivity contribution in [2.45, 2.75) is 31.8 Å². The number of benzene rings is 2. The molecule has 3 aromatic rings. The maximum atomic E-state index is 16.0. The molecule has 34 heavy (non-hydrogen) atoms. The van der Waals surface area contributed by atoms with Gasteiger partial charge in [0.15, 0.2) is 5.82 Å². The molecule has 176 valence electrons. The first-order chi connectivity index (χ1) is 16.5. The van der Waals surface area contributed by atoms with Crippen molar-refractivity contribution in [3.63, 3.8) is 0 Å². The minimum absolute atomic E-state index is 0.0108. The minimum Gasteiger partial charge on any atom is -0.393 e. The van der Waals surface area contributed by atoms with Crippen molar-refractivity contribution < 1.29 is 14.3 Å². The summed E-state index contributed by atoms with van der Waals surface area (Å²) in [5.74, 6) is -0.221. The highest BCUT2D eigenvalue weighted by atomic mass is 35.5. The second-order valence-electron chi connectivity index (χ2n) is 8.84. The smallest absolute Gasteiger partial charge is 0.246 e. The Balaban J connectivity index is 1.52. The molecule has 1 unspecified atom stereocenters. The maximum absolute atomic E-state index is 16.0. The van der Waals surface area contributed by atoms with Crippen LogP contribution in [0.5, 0.6) is 0 Å². The lowest BCUT2D eigenvalue weighted by Crippen LogP contribution is -2.48. The van der Waals surface area contributed by atoms with Crippen LogP contribution >= 0.6 is 11.6 Å². The van der Waals surface area contributed by atoms with Gasteiger partial charge < -0.3 is 14.9 Å². The number of aromatic nitrogens is 2. The van der Waals surface area contributed by atoms with Crippen molar-refractivity contribution in [2.75, 3.05) is 31.1 Å². The lowest BCUT2D eigenvalue weighted by atomic mass is 9.77. The first kappa shape index (κ1) is 22.7. The minimum atomic E-state index is -0.561. The Kier molecular flexibility index (Phi) is 6.23. The average molecular weight is 481 g/mol. The largest absolute Gasteiger partial charge is 0.393 e. The molecule has 5 rings (SSSR count). The summed E-state index contributed by atoms with van der Waals surface area (Å²) in [6.45, 7) is 4.09. The van der Waals surface area contributed by atoms with Crippen molar-refractivity contribution in [2.24, 2.45) is 0 Å². The van der Waals surface area contributed by atoms with Gasteiger partial charge in [0.25, 0.3) is 0 Å². The van der Waals surface area contributed by atoms with Crippen molar-refractivity contribution in [3.05, 3.63) is 76.3 Å². The van der Waals surface area contributed by atoms with Gasteiger partial charge in [-0.1, -0.05) is 41.9 Å². The Morgan fingerprint density at radius 1 is 1.21 bits per heavy atom. The lowest BCUT2D eigenvalue weighted by molar-refractivity contribution is -0.126. The molecule has 1 fully saturated rings. The lowest BCUT2D eigenvalue weighted by Gasteiger charge is -2.35. The zero-order valence-corrected chi connectivity index (χ0v) is 19.7. The highest BCUT2D eigenvalue weighted by Crippen LogP contribution is 2.43. The fourth-order valence-electron chi connectivity index (χ4n) is 5.16. The third kappa shape index (κ3) is 4.03. The molecular weight excluding hydrogens is 455 g/mol. The number of amides is 1. The number of halogens is 2. The van der Waals surface area contributed by atoms with Crippen molar-refractivity contribution in [1.29, 1.82) is 0 Å². The van der Waals surface area contributed by atoms with E-state index in [9.17, 15) is 9.90 Å². The van der Waals surface area contributed by atoms with Crippen molar-refractivity contribution in [3.8, 4) is 0 Å². The van der Waals surface area contributed by atoms with Gasteiger partial charge in [0, 0.05) is 48.1 Å². The monoisotopic (exact) mass is 480 g/mol. The molecule has 2 aliphatic rings. The summed E-state index contributed by atoms with van der Waals surface area (Å²) in [6, 6.07) is 9.55. The number of rotatable bonds is 3. The van der Waals surface area contributed by atoms with Gasteiger partial charge in [0.05, 0.1) is 6.10 Å². The van der Waals surface area contributed by atoms with E-state index in [-0.39, 0.29) is 17.3 Å². The third-order valence-electron chi connectivity index (χ3n) is 6.78. The van der Waals surface area contributed by atoms with Crippen LogP contribution in [0.4, 0.5) is 10.2 Å². The number of carbonyl (C=O) groups is 1. The summed E-state index contributed by atoms with van der Waals surface area (Å²) in [5.41, 5.74) is 2.58. The van der Waals surface area contributed by atoms with Crippen LogP contribution in [0.3, 0.4) is 0 Å². The molecule has 1 amide bonds. The van der Waals surface area contributed by atoms with E-state index in [1.807, 2.05) is 36.1 Å². The average Bonchev–Trinajstić information content (AvgIpc) is 2.84. The molecule has 6 nitrogen and oxygen atoms in total. The number of hydrogen-bond donors (Lipinski definition) is 1. The Hall–Kier alpha value is -3.03. The Labute approximate surface area is 202 Å². The van der Waals surface area contributed by atoms with E-state index in [4.69, 9.17) is 11.6 Å². The number of hydrogen-bond acceptors (Lipinski definition) is 5. The second kappa shape index (κ2) is 9.31.